The second-order valence-electron chi connectivity index (χ2n) is 3.64. The van der Waals surface area contributed by atoms with Gasteiger partial charge in [0.1, 0.15) is 34.9 Å². The van der Waals surface area contributed by atoms with Gasteiger partial charge in [-0.1, -0.05) is 6.07 Å². The van der Waals surface area contributed by atoms with Gasteiger partial charge in [-0.15, -0.1) is 0 Å². The molecule has 92 valence electrons. The SMILES string of the molecule is N#Cc1c(F)cccc1Oc1ncnc2[nH]ncc12. The minimum atomic E-state index is -0.641. The van der Waals surface area contributed by atoms with E-state index in [2.05, 4.69) is 20.2 Å². The lowest BCUT2D eigenvalue weighted by Gasteiger charge is -2.06. The van der Waals surface area contributed by atoms with E-state index < -0.39 is 5.82 Å². The van der Waals surface area contributed by atoms with E-state index in [1.807, 2.05) is 0 Å². The summed E-state index contributed by atoms with van der Waals surface area (Å²) >= 11 is 0. The number of nitrogens with zero attached hydrogens (tertiary/aromatic N) is 4. The Morgan fingerprint density at radius 3 is 3.05 bits per heavy atom. The highest BCUT2D eigenvalue weighted by atomic mass is 19.1. The van der Waals surface area contributed by atoms with E-state index in [9.17, 15) is 4.39 Å². The Labute approximate surface area is 106 Å². The van der Waals surface area contributed by atoms with E-state index in [-0.39, 0.29) is 17.2 Å². The van der Waals surface area contributed by atoms with E-state index in [0.717, 1.165) is 0 Å². The molecule has 7 heteroatoms. The Hall–Kier alpha value is -3.01. The highest BCUT2D eigenvalue weighted by molar-refractivity contribution is 5.79. The maximum Gasteiger partial charge on any atom is 0.233 e. The van der Waals surface area contributed by atoms with Gasteiger partial charge in [0.15, 0.2) is 5.65 Å². The van der Waals surface area contributed by atoms with Crippen LogP contribution in [-0.2, 0) is 0 Å². The van der Waals surface area contributed by atoms with Crippen molar-refractivity contribution in [2.45, 2.75) is 0 Å². The van der Waals surface area contributed by atoms with Crippen LogP contribution in [-0.4, -0.2) is 20.2 Å². The molecule has 0 saturated heterocycles. The van der Waals surface area contributed by atoms with E-state index in [1.165, 1.54) is 30.7 Å². The maximum atomic E-state index is 13.5. The lowest BCUT2D eigenvalue weighted by Crippen LogP contribution is -1.94. The van der Waals surface area contributed by atoms with Crippen LogP contribution >= 0.6 is 0 Å². The molecule has 1 N–H and O–H groups in total. The summed E-state index contributed by atoms with van der Waals surface area (Å²) < 4.78 is 18.9. The van der Waals surface area contributed by atoms with Crippen molar-refractivity contribution < 1.29 is 9.13 Å². The molecule has 19 heavy (non-hydrogen) atoms. The van der Waals surface area contributed by atoms with Gasteiger partial charge in [0.25, 0.3) is 0 Å². The second-order valence-corrected chi connectivity index (χ2v) is 3.64. The van der Waals surface area contributed by atoms with Gasteiger partial charge in [0, 0.05) is 0 Å². The molecule has 0 saturated carbocycles. The highest BCUT2D eigenvalue weighted by Crippen LogP contribution is 2.28. The topological polar surface area (TPSA) is 87.5 Å². The normalized spacial score (nSPS) is 10.3. The lowest BCUT2D eigenvalue weighted by molar-refractivity contribution is 0.461. The predicted octanol–water partition coefficient (Wildman–Crippen LogP) is 2.16. The molecular formula is C12H6FN5O. The average Bonchev–Trinajstić information content (AvgIpc) is 2.88. The molecule has 2 heterocycles. The van der Waals surface area contributed by atoms with Crippen molar-refractivity contribution in [3.63, 3.8) is 0 Å². The first-order chi connectivity index (χ1) is 9.29. The number of H-pyrrole nitrogens is 1. The van der Waals surface area contributed by atoms with Crippen molar-refractivity contribution in [3.8, 4) is 17.7 Å². The third-order valence-corrected chi connectivity index (χ3v) is 2.51. The van der Waals surface area contributed by atoms with Gasteiger partial charge >= 0.3 is 0 Å². The Kier molecular flexibility index (Phi) is 2.54. The fourth-order valence-electron chi connectivity index (χ4n) is 1.63. The minimum absolute atomic E-state index is 0.101. The smallest absolute Gasteiger partial charge is 0.233 e. The van der Waals surface area contributed by atoms with Gasteiger partial charge in [-0.3, -0.25) is 5.10 Å². The van der Waals surface area contributed by atoms with Crippen LogP contribution in [0.4, 0.5) is 4.39 Å². The fourth-order valence-corrected chi connectivity index (χ4v) is 1.63. The molecule has 3 rings (SSSR count). The monoisotopic (exact) mass is 255 g/mol. The number of ether oxygens (including phenoxy) is 1. The molecule has 0 unspecified atom stereocenters. The number of hydrogen-bond acceptors (Lipinski definition) is 5. The molecule has 3 aromatic rings. The summed E-state index contributed by atoms with van der Waals surface area (Å²) in [7, 11) is 0. The highest BCUT2D eigenvalue weighted by Gasteiger charge is 2.13. The third kappa shape index (κ3) is 1.85. The zero-order chi connectivity index (χ0) is 13.2. The summed E-state index contributed by atoms with van der Waals surface area (Å²) in [5.41, 5.74) is 0.331. The molecule has 0 amide bonds. The number of aromatic nitrogens is 4. The van der Waals surface area contributed by atoms with Crippen LogP contribution < -0.4 is 4.74 Å². The zero-order valence-electron chi connectivity index (χ0n) is 9.46. The van der Waals surface area contributed by atoms with E-state index in [1.54, 1.807) is 6.07 Å². The molecule has 0 atom stereocenters. The van der Waals surface area contributed by atoms with Gasteiger partial charge in [0.05, 0.1) is 6.20 Å². The van der Waals surface area contributed by atoms with Crippen LogP contribution in [0.3, 0.4) is 0 Å². The lowest BCUT2D eigenvalue weighted by atomic mass is 10.2. The van der Waals surface area contributed by atoms with Crippen LogP contribution in [0.1, 0.15) is 5.56 Å². The molecule has 0 aliphatic rings. The largest absolute Gasteiger partial charge is 0.437 e. The van der Waals surface area contributed by atoms with Crippen LogP contribution in [0.15, 0.2) is 30.7 Å². The van der Waals surface area contributed by atoms with Crippen molar-refractivity contribution >= 4 is 11.0 Å². The summed E-state index contributed by atoms with van der Waals surface area (Å²) in [4.78, 5) is 7.91. The van der Waals surface area contributed by atoms with Gasteiger partial charge in [-0.2, -0.15) is 10.4 Å². The van der Waals surface area contributed by atoms with Crippen LogP contribution in [0, 0.1) is 17.1 Å². The zero-order valence-corrected chi connectivity index (χ0v) is 9.46. The van der Waals surface area contributed by atoms with Crippen molar-refractivity contribution in [2.24, 2.45) is 0 Å². The summed E-state index contributed by atoms with van der Waals surface area (Å²) in [6, 6.07) is 5.91. The number of rotatable bonds is 2. The molecule has 0 aliphatic heterocycles. The number of halogens is 1. The summed E-state index contributed by atoms with van der Waals surface area (Å²) in [6.45, 7) is 0. The summed E-state index contributed by atoms with van der Waals surface area (Å²) in [5.74, 6) is -0.331. The van der Waals surface area contributed by atoms with E-state index in [4.69, 9.17) is 10.00 Å². The Morgan fingerprint density at radius 1 is 1.32 bits per heavy atom. The number of aromatic amines is 1. The van der Waals surface area contributed by atoms with Crippen molar-refractivity contribution in [1.82, 2.24) is 20.2 Å². The first-order valence-corrected chi connectivity index (χ1v) is 5.30. The van der Waals surface area contributed by atoms with Gasteiger partial charge in [-0.05, 0) is 12.1 Å². The second kappa shape index (κ2) is 4.34. The van der Waals surface area contributed by atoms with Crippen LogP contribution in [0.5, 0.6) is 11.6 Å². The number of nitrogens with one attached hydrogen (secondary N) is 1. The molecule has 0 radical (unpaired) electrons. The standard InChI is InChI=1S/C12H6FN5O/c13-9-2-1-3-10(7(9)4-14)19-12-8-5-17-18-11(8)15-6-16-12/h1-3,5-6H,(H,15,16,17,18). The molecule has 0 aliphatic carbocycles. The molecule has 1 aromatic carbocycles. The van der Waals surface area contributed by atoms with Crippen molar-refractivity contribution in [3.05, 3.63) is 42.1 Å². The molecule has 0 bridgehead atoms. The summed E-state index contributed by atoms with van der Waals surface area (Å²) in [5, 5.41) is 16.0. The molecule has 0 fully saturated rings. The number of nitriles is 1. The van der Waals surface area contributed by atoms with Crippen molar-refractivity contribution in [2.75, 3.05) is 0 Å². The first kappa shape index (κ1) is 11.1. The average molecular weight is 255 g/mol. The number of hydrogen-bond donors (Lipinski definition) is 1. The maximum absolute atomic E-state index is 13.5. The van der Waals surface area contributed by atoms with Crippen LogP contribution in [0.2, 0.25) is 0 Å². The van der Waals surface area contributed by atoms with Gasteiger partial charge in [0.2, 0.25) is 5.88 Å². The third-order valence-electron chi connectivity index (χ3n) is 2.51. The van der Waals surface area contributed by atoms with E-state index in [0.29, 0.717) is 11.0 Å². The molecule has 0 spiro atoms. The molecule has 6 nitrogen and oxygen atoms in total. The van der Waals surface area contributed by atoms with Crippen LogP contribution in [0.25, 0.3) is 11.0 Å². The Balaban J connectivity index is 2.09. The minimum Gasteiger partial charge on any atom is -0.437 e. The summed E-state index contributed by atoms with van der Waals surface area (Å²) in [6.07, 6.45) is 2.79. The number of benzene rings is 1. The number of fused-ring (bicyclic) bond motifs is 1. The van der Waals surface area contributed by atoms with Gasteiger partial charge in [-0.25, -0.2) is 14.4 Å². The van der Waals surface area contributed by atoms with Gasteiger partial charge < -0.3 is 4.74 Å². The Morgan fingerprint density at radius 2 is 2.21 bits per heavy atom. The first-order valence-electron chi connectivity index (χ1n) is 5.30. The molecular weight excluding hydrogens is 249 g/mol. The Bertz CT molecular complexity index is 792. The van der Waals surface area contributed by atoms with Crippen molar-refractivity contribution in [1.29, 1.82) is 5.26 Å². The molecule has 2 aromatic heterocycles. The fraction of sp³-hybridized carbons (Fsp3) is 0. The predicted molar refractivity (Wildman–Crippen MR) is 62.9 cm³/mol. The quantitative estimate of drug-likeness (QED) is 0.758. The van der Waals surface area contributed by atoms with E-state index >= 15 is 0 Å².